The van der Waals surface area contributed by atoms with Crippen molar-refractivity contribution in [1.82, 2.24) is 0 Å². The molecule has 0 bridgehead atoms. The summed E-state index contributed by atoms with van der Waals surface area (Å²) in [5.74, 6) is -0.491. The quantitative estimate of drug-likeness (QED) is 0.484. The van der Waals surface area contributed by atoms with Crippen molar-refractivity contribution in [3.63, 3.8) is 0 Å². The van der Waals surface area contributed by atoms with Crippen LogP contribution in [0.25, 0.3) is 0 Å². The fourth-order valence-corrected chi connectivity index (χ4v) is 1.77. The van der Waals surface area contributed by atoms with Gasteiger partial charge in [0.1, 0.15) is 11.7 Å². The molecule has 0 fully saturated rings. The number of alkyl halides is 1. The first-order valence-electron chi connectivity index (χ1n) is 6.98. The molecule has 1 atom stereocenters. The van der Waals surface area contributed by atoms with Crippen LogP contribution in [0.1, 0.15) is 65.7 Å². The molecule has 18 heavy (non-hydrogen) atoms. The second-order valence-electron chi connectivity index (χ2n) is 5.46. The third-order valence-electron chi connectivity index (χ3n) is 2.75. The van der Waals surface area contributed by atoms with Crippen molar-refractivity contribution in [2.75, 3.05) is 6.61 Å². The van der Waals surface area contributed by atoms with E-state index in [2.05, 4.69) is 6.92 Å². The molecular formula is C14H28FNO2. The molecule has 0 unspecified atom stereocenters. The molecule has 0 amide bonds. The van der Waals surface area contributed by atoms with Crippen molar-refractivity contribution in [2.45, 2.75) is 77.4 Å². The number of nitrogens with two attached hydrogens (primary N) is 1. The molecule has 4 heteroatoms. The van der Waals surface area contributed by atoms with Gasteiger partial charge in [0.05, 0.1) is 6.61 Å². The molecule has 2 N–H and O–H groups in total. The third-order valence-corrected chi connectivity index (χ3v) is 2.75. The molecule has 0 aromatic carbocycles. The van der Waals surface area contributed by atoms with Crippen LogP contribution in [-0.2, 0) is 9.53 Å². The summed E-state index contributed by atoms with van der Waals surface area (Å²) >= 11 is 0. The van der Waals surface area contributed by atoms with Gasteiger partial charge < -0.3 is 10.5 Å². The Labute approximate surface area is 110 Å². The van der Waals surface area contributed by atoms with Gasteiger partial charge >= 0.3 is 5.97 Å². The minimum Gasteiger partial charge on any atom is -0.465 e. The highest BCUT2D eigenvalue weighted by Gasteiger charge is 2.25. The van der Waals surface area contributed by atoms with E-state index in [1.165, 1.54) is 39.5 Å². The maximum absolute atomic E-state index is 13.3. The zero-order valence-electron chi connectivity index (χ0n) is 12.0. The summed E-state index contributed by atoms with van der Waals surface area (Å²) in [5.41, 5.74) is 4.14. The lowest BCUT2D eigenvalue weighted by atomic mass is 10.0. The molecule has 0 aliphatic carbocycles. The Morgan fingerprint density at radius 3 is 2.33 bits per heavy atom. The summed E-state index contributed by atoms with van der Waals surface area (Å²) < 4.78 is 18.3. The highest BCUT2D eigenvalue weighted by atomic mass is 19.1. The number of rotatable bonds is 10. The van der Waals surface area contributed by atoms with E-state index in [0.29, 0.717) is 6.61 Å². The Kier molecular flexibility index (Phi) is 8.98. The first-order chi connectivity index (χ1) is 8.37. The highest BCUT2D eigenvalue weighted by molar-refractivity contribution is 5.75. The van der Waals surface area contributed by atoms with Gasteiger partial charge in [0.25, 0.3) is 0 Å². The molecule has 0 spiro atoms. The fourth-order valence-electron chi connectivity index (χ4n) is 1.77. The molecule has 0 aliphatic heterocycles. The molecule has 0 rings (SSSR count). The van der Waals surface area contributed by atoms with E-state index in [4.69, 9.17) is 10.5 Å². The number of hydrogen-bond donors (Lipinski definition) is 1. The van der Waals surface area contributed by atoms with Crippen LogP contribution in [0.3, 0.4) is 0 Å². The number of carbonyl (C=O) groups excluding carboxylic acids is 1. The van der Waals surface area contributed by atoms with E-state index in [1.54, 1.807) is 0 Å². The summed E-state index contributed by atoms with van der Waals surface area (Å²) in [6.07, 6.45) is 6.83. The lowest BCUT2D eigenvalue weighted by Gasteiger charge is -2.18. The van der Waals surface area contributed by atoms with Gasteiger partial charge in [0, 0.05) is 6.42 Å². The van der Waals surface area contributed by atoms with Crippen LogP contribution in [0, 0.1) is 0 Å². The lowest BCUT2D eigenvalue weighted by Crippen LogP contribution is -2.37. The van der Waals surface area contributed by atoms with Gasteiger partial charge in [-0.15, -0.1) is 0 Å². The number of halogens is 1. The van der Waals surface area contributed by atoms with Crippen LogP contribution in [-0.4, -0.2) is 24.3 Å². The maximum atomic E-state index is 13.3. The second kappa shape index (κ2) is 9.31. The topological polar surface area (TPSA) is 52.3 Å². The number of unbranched alkanes of at least 4 members (excludes halogenated alkanes) is 5. The van der Waals surface area contributed by atoms with Crippen LogP contribution in [0.4, 0.5) is 4.39 Å². The van der Waals surface area contributed by atoms with Gasteiger partial charge in [0.2, 0.25) is 0 Å². The lowest BCUT2D eigenvalue weighted by molar-refractivity contribution is -0.146. The van der Waals surface area contributed by atoms with E-state index in [0.717, 1.165) is 12.8 Å². The van der Waals surface area contributed by atoms with E-state index in [-0.39, 0.29) is 6.42 Å². The first-order valence-corrected chi connectivity index (χ1v) is 6.98. The standard InChI is InChI=1S/C14H28FNO2/c1-4-5-6-7-8-9-10-18-13(17)12(16)11-14(2,3)15/h12H,4-11,16H2,1-3H3/t12-/m0/s1. The average molecular weight is 261 g/mol. The van der Waals surface area contributed by atoms with Gasteiger partial charge in [-0.25, -0.2) is 4.39 Å². The van der Waals surface area contributed by atoms with Crippen LogP contribution < -0.4 is 5.73 Å². The Morgan fingerprint density at radius 2 is 1.78 bits per heavy atom. The average Bonchev–Trinajstić information content (AvgIpc) is 2.25. The van der Waals surface area contributed by atoms with Crippen molar-refractivity contribution >= 4 is 5.97 Å². The van der Waals surface area contributed by atoms with E-state index < -0.39 is 17.7 Å². The normalized spacial score (nSPS) is 13.4. The molecule has 0 aromatic rings. The zero-order valence-corrected chi connectivity index (χ0v) is 12.0. The Morgan fingerprint density at radius 1 is 1.22 bits per heavy atom. The van der Waals surface area contributed by atoms with E-state index >= 15 is 0 Å². The van der Waals surface area contributed by atoms with Gasteiger partial charge in [-0.2, -0.15) is 0 Å². The smallest absolute Gasteiger partial charge is 0.323 e. The molecule has 108 valence electrons. The van der Waals surface area contributed by atoms with Crippen molar-refractivity contribution in [1.29, 1.82) is 0 Å². The predicted molar refractivity (Wildman–Crippen MR) is 72.1 cm³/mol. The Bertz CT molecular complexity index is 226. The Balaban J connectivity index is 3.52. The van der Waals surface area contributed by atoms with Crippen LogP contribution in [0.5, 0.6) is 0 Å². The summed E-state index contributed by atoms with van der Waals surface area (Å²) in [7, 11) is 0. The number of esters is 1. The van der Waals surface area contributed by atoms with Crippen molar-refractivity contribution in [3.05, 3.63) is 0 Å². The largest absolute Gasteiger partial charge is 0.465 e. The summed E-state index contributed by atoms with van der Waals surface area (Å²) in [5, 5.41) is 0. The zero-order chi connectivity index (χ0) is 14.0. The number of carbonyl (C=O) groups is 1. The van der Waals surface area contributed by atoms with Gasteiger partial charge in [-0.1, -0.05) is 39.0 Å². The summed E-state index contributed by atoms with van der Waals surface area (Å²) in [6.45, 7) is 5.39. The van der Waals surface area contributed by atoms with Crippen molar-refractivity contribution in [3.8, 4) is 0 Å². The molecular weight excluding hydrogens is 233 g/mol. The fraction of sp³-hybridized carbons (Fsp3) is 0.929. The van der Waals surface area contributed by atoms with E-state index in [9.17, 15) is 9.18 Å². The van der Waals surface area contributed by atoms with Gasteiger partial charge in [0.15, 0.2) is 0 Å². The van der Waals surface area contributed by atoms with Crippen LogP contribution in [0.15, 0.2) is 0 Å². The molecule has 0 saturated heterocycles. The minimum atomic E-state index is -1.43. The third kappa shape index (κ3) is 10.5. The molecule has 0 saturated carbocycles. The van der Waals surface area contributed by atoms with Crippen molar-refractivity contribution < 1.29 is 13.9 Å². The Hall–Kier alpha value is -0.640. The van der Waals surface area contributed by atoms with Crippen LogP contribution in [0.2, 0.25) is 0 Å². The number of ether oxygens (including phenoxy) is 1. The monoisotopic (exact) mass is 261 g/mol. The van der Waals surface area contributed by atoms with Crippen molar-refractivity contribution in [2.24, 2.45) is 5.73 Å². The minimum absolute atomic E-state index is 0.00231. The molecule has 0 aliphatic rings. The van der Waals surface area contributed by atoms with Crippen LogP contribution >= 0.6 is 0 Å². The first kappa shape index (κ1) is 17.4. The summed E-state index contributed by atoms with van der Waals surface area (Å²) in [4.78, 5) is 11.4. The maximum Gasteiger partial charge on any atom is 0.323 e. The molecule has 0 heterocycles. The molecule has 0 radical (unpaired) electrons. The predicted octanol–water partition coefficient (Wildman–Crippen LogP) is 3.36. The second-order valence-corrected chi connectivity index (χ2v) is 5.46. The SMILES string of the molecule is CCCCCCCCOC(=O)[C@@H](N)CC(C)(C)F. The highest BCUT2D eigenvalue weighted by Crippen LogP contribution is 2.16. The summed E-state index contributed by atoms with van der Waals surface area (Å²) in [6, 6.07) is -0.856. The van der Waals surface area contributed by atoms with E-state index in [1.807, 2.05) is 0 Å². The molecule has 0 aromatic heterocycles. The number of hydrogen-bond acceptors (Lipinski definition) is 3. The van der Waals surface area contributed by atoms with Gasteiger partial charge in [-0.3, -0.25) is 4.79 Å². The molecule has 3 nitrogen and oxygen atoms in total. The van der Waals surface area contributed by atoms with Gasteiger partial charge in [-0.05, 0) is 20.3 Å².